The first-order valence-electron chi connectivity index (χ1n) is 5.67. The molecular formula is C13H12N2O3. The second kappa shape index (κ2) is 4.88. The molecule has 1 aliphatic heterocycles. The van der Waals surface area contributed by atoms with E-state index in [0.29, 0.717) is 19.4 Å². The monoisotopic (exact) mass is 244 g/mol. The maximum atomic E-state index is 11.8. The van der Waals surface area contributed by atoms with Gasteiger partial charge in [-0.1, -0.05) is 0 Å². The number of rotatable bonds is 4. The molecule has 0 bridgehead atoms. The molecule has 92 valence electrons. The third-order valence-corrected chi connectivity index (χ3v) is 2.93. The van der Waals surface area contributed by atoms with Crippen molar-refractivity contribution in [1.82, 2.24) is 0 Å². The smallest absolute Gasteiger partial charge is 0.335 e. The van der Waals surface area contributed by atoms with Crippen molar-refractivity contribution in [3.63, 3.8) is 0 Å². The molecule has 0 aliphatic carbocycles. The normalized spacial score (nSPS) is 13.3. The summed E-state index contributed by atoms with van der Waals surface area (Å²) >= 11 is 0. The van der Waals surface area contributed by atoms with E-state index in [1.807, 2.05) is 6.07 Å². The van der Waals surface area contributed by atoms with Gasteiger partial charge in [0, 0.05) is 18.7 Å². The lowest BCUT2D eigenvalue weighted by Crippen LogP contribution is -2.27. The minimum Gasteiger partial charge on any atom is -0.478 e. The Labute approximate surface area is 104 Å². The van der Waals surface area contributed by atoms with Crippen LogP contribution in [-0.2, 0) is 11.2 Å². The van der Waals surface area contributed by atoms with Gasteiger partial charge in [0.05, 0.1) is 18.1 Å². The lowest BCUT2D eigenvalue weighted by molar-refractivity contribution is -0.117. The minimum absolute atomic E-state index is 0.0366. The van der Waals surface area contributed by atoms with Crippen molar-refractivity contribution in [1.29, 1.82) is 5.26 Å². The van der Waals surface area contributed by atoms with E-state index in [-0.39, 0.29) is 17.9 Å². The SMILES string of the molecule is N#CCCCN1C(=O)Cc2cc(C(=O)O)ccc21. The number of nitriles is 1. The Morgan fingerprint density at radius 1 is 1.50 bits per heavy atom. The lowest BCUT2D eigenvalue weighted by atomic mass is 10.1. The summed E-state index contributed by atoms with van der Waals surface area (Å²) in [6.07, 6.45) is 1.28. The molecular weight excluding hydrogens is 232 g/mol. The van der Waals surface area contributed by atoms with Crippen LogP contribution in [0.25, 0.3) is 0 Å². The van der Waals surface area contributed by atoms with Crippen molar-refractivity contribution >= 4 is 17.6 Å². The minimum atomic E-state index is -0.992. The Hall–Kier alpha value is -2.35. The van der Waals surface area contributed by atoms with E-state index in [0.717, 1.165) is 11.3 Å². The molecule has 5 nitrogen and oxygen atoms in total. The number of aromatic carboxylic acids is 1. The number of hydrogen-bond donors (Lipinski definition) is 1. The molecule has 1 aromatic carbocycles. The summed E-state index contributed by atoms with van der Waals surface area (Å²) in [4.78, 5) is 24.3. The van der Waals surface area contributed by atoms with Crippen molar-refractivity contribution in [2.24, 2.45) is 0 Å². The lowest BCUT2D eigenvalue weighted by Gasteiger charge is -2.16. The summed E-state index contributed by atoms with van der Waals surface area (Å²) in [5.41, 5.74) is 1.71. The zero-order valence-electron chi connectivity index (χ0n) is 9.72. The first-order valence-corrected chi connectivity index (χ1v) is 5.67. The Balaban J connectivity index is 2.22. The first-order chi connectivity index (χ1) is 8.63. The van der Waals surface area contributed by atoms with Gasteiger partial charge in [-0.25, -0.2) is 4.79 Å². The van der Waals surface area contributed by atoms with Crippen LogP contribution in [0.15, 0.2) is 18.2 Å². The highest BCUT2D eigenvalue weighted by atomic mass is 16.4. The molecule has 1 N–H and O–H groups in total. The van der Waals surface area contributed by atoms with Gasteiger partial charge in [0.2, 0.25) is 5.91 Å². The number of carboxylic acids is 1. The van der Waals surface area contributed by atoms with E-state index >= 15 is 0 Å². The molecule has 5 heteroatoms. The molecule has 2 rings (SSSR count). The largest absolute Gasteiger partial charge is 0.478 e. The summed E-state index contributed by atoms with van der Waals surface area (Å²) in [5, 5.41) is 17.4. The van der Waals surface area contributed by atoms with Crippen molar-refractivity contribution < 1.29 is 14.7 Å². The van der Waals surface area contributed by atoms with Crippen molar-refractivity contribution in [2.75, 3.05) is 11.4 Å². The molecule has 1 aromatic rings. The zero-order chi connectivity index (χ0) is 13.1. The van der Waals surface area contributed by atoms with Gasteiger partial charge in [-0.15, -0.1) is 0 Å². The van der Waals surface area contributed by atoms with Crippen LogP contribution >= 0.6 is 0 Å². The maximum Gasteiger partial charge on any atom is 0.335 e. The Kier molecular flexibility index (Phi) is 3.28. The van der Waals surface area contributed by atoms with Gasteiger partial charge in [0.25, 0.3) is 0 Å². The molecule has 1 heterocycles. The van der Waals surface area contributed by atoms with Gasteiger partial charge >= 0.3 is 5.97 Å². The highest BCUT2D eigenvalue weighted by molar-refractivity contribution is 6.02. The molecule has 1 aliphatic rings. The number of benzene rings is 1. The van der Waals surface area contributed by atoms with Gasteiger partial charge in [-0.2, -0.15) is 5.26 Å². The van der Waals surface area contributed by atoms with Crippen LogP contribution in [0.2, 0.25) is 0 Å². The van der Waals surface area contributed by atoms with E-state index in [1.54, 1.807) is 17.0 Å². The average molecular weight is 244 g/mol. The highest BCUT2D eigenvalue weighted by Crippen LogP contribution is 2.29. The fourth-order valence-electron chi connectivity index (χ4n) is 2.08. The van der Waals surface area contributed by atoms with Crippen LogP contribution in [-0.4, -0.2) is 23.5 Å². The third-order valence-electron chi connectivity index (χ3n) is 2.93. The van der Waals surface area contributed by atoms with E-state index in [9.17, 15) is 9.59 Å². The number of carboxylic acid groups (broad SMARTS) is 1. The maximum absolute atomic E-state index is 11.8. The Bertz CT molecular complexity index is 546. The molecule has 0 spiro atoms. The van der Waals surface area contributed by atoms with Gasteiger partial charge in [0.15, 0.2) is 0 Å². The number of amides is 1. The fourth-order valence-corrected chi connectivity index (χ4v) is 2.08. The predicted octanol–water partition coefficient (Wildman–Crippen LogP) is 1.58. The van der Waals surface area contributed by atoms with Crippen LogP contribution in [0, 0.1) is 11.3 Å². The van der Waals surface area contributed by atoms with Crippen LogP contribution in [0.3, 0.4) is 0 Å². The zero-order valence-corrected chi connectivity index (χ0v) is 9.72. The molecule has 0 saturated heterocycles. The molecule has 1 amide bonds. The third kappa shape index (κ3) is 2.18. The number of carbonyl (C=O) groups is 2. The topological polar surface area (TPSA) is 81.4 Å². The van der Waals surface area contributed by atoms with Crippen LogP contribution < -0.4 is 4.90 Å². The summed E-state index contributed by atoms with van der Waals surface area (Å²) in [6, 6.07) is 6.74. The van der Waals surface area contributed by atoms with Gasteiger partial charge in [-0.3, -0.25) is 4.79 Å². The number of hydrogen-bond acceptors (Lipinski definition) is 3. The van der Waals surface area contributed by atoms with E-state index < -0.39 is 5.97 Å². The number of unbranched alkanes of at least 4 members (excludes halogenated alkanes) is 1. The van der Waals surface area contributed by atoms with Gasteiger partial charge in [0.1, 0.15) is 0 Å². The molecule has 0 unspecified atom stereocenters. The molecule has 0 atom stereocenters. The van der Waals surface area contributed by atoms with Crippen LogP contribution in [0.4, 0.5) is 5.69 Å². The van der Waals surface area contributed by atoms with Crippen LogP contribution in [0.5, 0.6) is 0 Å². The quantitative estimate of drug-likeness (QED) is 0.815. The summed E-state index contributed by atoms with van der Waals surface area (Å²) in [6.45, 7) is 0.506. The van der Waals surface area contributed by atoms with Crippen molar-refractivity contribution in [2.45, 2.75) is 19.3 Å². The van der Waals surface area contributed by atoms with Crippen molar-refractivity contribution in [3.8, 4) is 6.07 Å². The van der Waals surface area contributed by atoms with E-state index in [2.05, 4.69) is 0 Å². The number of fused-ring (bicyclic) bond motifs is 1. The standard InChI is InChI=1S/C13H12N2O3/c14-5-1-2-6-15-11-4-3-9(13(17)18)7-10(11)8-12(15)16/h3-4,7H,1-2,6,8H2,(H,17,18). The Morgan fingerprint density at radius 2 is 2.28 bits per heavy atom. The van der Waals surface area contributed by atoms with Gasteiger partial charge < -0.3 is 10.0 Å². The highest BCUT2D eigenvalue weighted by Gasteiger charge is 2.27. The fraction of sp³-hybridized carbons (Fsp3) is 0.308. The summed E-state index contributed by atoms with van der Waals surface area (Å²) < 4.78 is 0. The molecule has 0 saturated carbocycles. The molecule has 0 radical (unpaired) electrons. The Morgan fingerprint density at radius 3 is 2.94 bits per heavy atom. The number of anilines is 1. The van der Waals surface area contributed by atoms with Gasteiger partial charge in [-0.05, 0) is 30.2 Å². The first kappa shape index (κ1) is 12.1. The van der Waals surface area contributed by atoms with E-state index in [4.69, 9.17) is 10.4 Å². The van der Waals surface area contributed by atoms with Crippen molar-refractivity contribution in [3.05, 3.63) is 29.3 Å². The second-order valence-electron chi connectivity index (χ2n) is 4.13. The van der Waals surface area contributed by atoms with E-state index in [1.165, 1.54) is 6.07 Å². The molecule has 0 aromatic heterocycles. The second-order valence-corrected chi connectivity index (χ2v) is 4.13. The molecule has 0 fully saturated rings. The average Bonchev–Trinajstić information content (AvgIpc) is 2.65. The summed E-state index contributed by atoms with van der Waals surface area (Å²) in [7, 11) is 0. The summed E-state index contributed by atoms with van der Waals surface area (Å²) in [5.74, 6) is -1.03. The predicted molar refractivity (Wildman–Crippen MR) is 64.3 cm³/mol. The number of nitrogens with zero attached hydrogens (tertiary/aromatic N) is 2. The number of carbonyl (C=O) groups excluding carboxylic acids is 1. The molecule has 18 heavy (non-hydrogen) atoms. The van der Waals surface area contributed by atoms with Crippen LogP contribution in [0.1, 0.15) is 28.8 Å².